The second kappa shape index (κ2) is 10.6. The Balaban J connectivity index is 1.49. The molecular weight excluding hydrogens is 470 g/mol. The molecule has 0 aliphatic carbocycles. The number of aryl methyl sites for hydroxylation is 1. The van der Waals surface area contributed by atoms with Gasteiger partial charge in [0.25, 0.3) is 0 Å². The lowest BCUT2D eigenvalue weighted by atomic mass is 9.87. The number of fused-ring (bicyclic) bond motifs is 2. The van der Waals surface area contributed by atoms with E-state index in [9.17, 15) is 4.79 Å². The highest BCUT2D eigenvalue weighted by atomic mass is 16.2. The number of likely N-dealkylation sites (N-methyl/N-ethyl adjacent to an activating group) is 1. The van der Waals surface area contributed by atoms with Crippen LogP contribution in [-0.4, -0.2) is 64.0 Å². The first-order valence-electron chi connectivity index (χ1n) is 14.2. The predicted octanol–water partition coefficient (Wildman–Crippen LogP) is 6.38. The van der Waals surface area contributed by atoms with Crippen molar-refractivity contribution in [1.82, 2.24) is 24.4 Å². The molecule has 1 saturated heterocycles. The minimum atomic E-state index is 0.187. The van der Waals surface area contributed by atoms with Gasteiger partial charge in [-0.15, -0.1) is 0 Å². The predicted molar refractivity (Wildman–Crippen MR) is 157 cm³/mol. The summed E-state index contributed by atoms with van der Waals surface area (Å²) in [6.45, 7) is 13.7. The molecule has 6 heteroatoms. The van der Waals surface area contributed by atoms with E-state index in [1.54, 1.807) is 4.90 Å². The van der Waals surface area contributed by atoms with Crippen molar-refractivity contribution < 1.29 is 4.79 Å². The fraction of sp³-hybridized carbons (Fsp3) is 0.500. The number of piperidine rings is 1. The molecule has 0 unspecified atom stereocenters. The summed E-state index contributed by atoms with van der Waals surface area (Å²) in [6.07, 6.45) is 3.18. The van der Waals surface area contributed by atoms with Gasteiger partial charge >= 0.3 is 0 Å². The number of likely N-dealkylation sites (tertiary alicyclic amines) is 1. The molecule has 1 aliphatic rings. The highest BCUT2D eigenvalue weighted by Gasteiger charge is 2.24. The summed E-state index contributed by atoms with van der Waals surface area (Å²) in [7, 11) is 3.67. The highest BCUT2D eigenvalue weighted by molar-refractivity contribution is 5.92. The van der Waals surface area contributed by atoms with E-state index in [1.807, 2.05) is 14.1 Å². The summed E-state index contributed by atoms with van der Waals surface area (Å²) in [5.41, 5.74) is 9.96. The largest absolute Gasteiger partial charge is 0.354 e. The summed E-state index contributed by atoms with van der Waals surface area (Å²) in [6, 6.07) is 13.8. The van der Waals surface area contributed by atoms with E-state index in [1.165, 1.54) is 39.0 Å². The number of rotatable bonds is 7. The number of nitrogens with one attached hydrogen (secondary N) is 1. The van der Waals surface area contributed by atoms with Gasteiger partial charge in [0.1, 0.15) is 0 Å². The van der Waals surface area contributed by atoms with Crippen LogP contribution in [0, 0.1) is 12.8 Å². The summed E-state index contributed by atoms with van der Waals surface area (Å²) in [5, 5.41) is 6.12. The van der Waals surface area contributed by atoms with Gasteiger partial charge in [0.05, 0.1) is 23.4 Å². The van der Waals surface area contributed by atoms with Crippen molar-refractivity contribution in [2.75, 3.05) is 33.7 Å². The van der Waals surface area contributed by atoms with E-state index >= 15 is 0 Å². The molecule has 0 spiro atoms. The van der Waals surface area contributed by atoms with Gasteiger partial charge in [0, 0.05) is 36.3 Å². The van der Waals surface area contributed by atoms with Gasteiger partial charge in [-0.2, -0.15) is 5.10 Å². The number of hydrogen-bond donors (Lipinski definition) is 1. The number of aromatic amines is 1. The molecule has 4 aromatic rings. The fourth-order valence-corrected chi connectivity index (χ4v) is 6.07. The molecule has 3 aromatic heterocycles. The van der Waals surface area contributed by atoms with Crippen LogP contribution in [0.3, 0.4) is 0 Å². The summed E-state index contributed by atoms with van der Waals surface area (Å²) < 4.78 is 2.12. The number of aromatic nitrogens is 3. The van der Waals surface area contributed by atoms with Gasteiger partial charge in [0.2, 0.25) is 5.91 Å². The first kappa shape index (κ1) is 26.5. The van der Waals surface area contributed by atoms with E-state index < -0.39 is 0 Å². The number of benzene rings is 1. The lowest BCUT2D eigenvalue weighted by molar-refractivity contribution is -0.130. The maximum absolute atomic E-state index is 12.2. The van der Waals surface area contributed by atoms with Crippen LogP contribution in [-0.2, 0) is 11.2 Å². The van der Waals surface area contributed by atoms with E-state index in [-0.39, 0.29) is 5.91 Å². The van der Waals surface area contributed by atoms with Crippen LogP contribution in [0.2, 0.25) is 0 Å². The molecular formula is C32H43N5O. The quantitative estimate of drug-likeness (QED) is 0.312. The smallest absolute Gasteiger partial charge is 0.236 e. The van der Waals surface area contributed by atoms with E-state index in [4.69, 9.17) is 5.10 Å². The number of carbonyl (C=O) groups is 1. The fourth-order valence-electron chi connectivity index (χ4n) is 6.07. The van der Waals surface area contributed by atoms with Gasteiger partial charge in [0.15, 0.2) is 0 Å². The second-order valence-corrected chi connectivity index (χ2v) is 12.2. The Morgan fingerprint density at radius 3 is 2.47 bits per heavy atom. The lowest BCUT2D eigenvalue weighted by Crippen LogP contribution is -2.40. The van der Waals surface area contributed by atoms with Crippen LogP contribution in [0.4, 0.5) is 0 Å². The van der Waals surface area contributed by atoms with Crippen molar-refractivity contribution in [2.45, 2.75) is 65.7 Å². The van der Waals surface area contributed by atoms with Gasteiger partial charge in [-0.1, -0.05) is 33.8 Å². The third-order valence-electron chi connectivity index (χ3n) is 8.02. The molecule has 1 fully saturated rings. The number of H-pyrrole nitrogens is 1. The highest BCUT2D eigenvalue weighted by Crippen LogP contribution is 2.39. The standard InChI is InChI=1S/C32H43N5O/c1-20(2)14-26-16-25(17-27-15-22(5)34-37(26)27)32-31(21(3)4)28-18-24(8-9-29(28)33-32)23-10-12-36(13-11-23)19-30(38)35(6)7/h8-9,15-18,20-21,23,33H,10-14,19H2,1-7H3. The first-order chi connectivity index (χ1) is 18.1. The molecule has 1 N–H and O–H groups in total. The van der Waals surface area contributed by atoms with Crippen molar-refractivity contribution in [2.24, 2.45) is 5.92 Å². The van der Waals surface area contributed by atoms with Crippen LogP contribution >= 0.6 is 0 Å². The maximum atomic E-state index is 12.2. The summed E-state index contributed by atoms with van der Waals surface area (Å²) in [5.74, 6) is 1.67. The van der Waals surface area contributed by atoms with Crippen molar-refractivity contribution in [3.05, 3.63) is 58.9 Å². The van der Waals surface area contributed by atoms with E-state index in [0.717, 1.165) is 43.6 Å². The first-order valence-corrected chi connectivity index (χ1v) is 14.2. The van der Waals surface area contributed by atoms with Crippen LogP contribution in [0.1, 0.15) is 74.9 Å². The molecule has 0 atom stereocenters. The second-order valence-electron chi connectivity index (χ2n) is 12.2. The Morgan fingerprint density at radius 1 is 1.08 bits per heavy atom. The van der Waals surface area contributed by atoms with Crippen LogP contribution in [0.15, 0.2) is 36.4 Å². The molecule has 1 aliphatic heterocycles. The number of hydrogen-bond acceptors (Lipinski definition) is 3. The number of amides is 1. The van der Waals surface area contributed by atoms with E-state index in [0.29, 0.717) is 24.3 Å². The summed E-state index contributed by atoms with van der Waals surface area (Å²) >= 11 is 0. The molecule has 4 heterocycles. The number of nitrogens with zero attached hydrogens (tertiary/aromatic N) is 4. The zero-order valence-corrected chi connectivity index (χ0v) is 24.1. The molecule has 202 valence electrons. The molecule has 1 aromatic carbocycles. The zero-order valence-electron chi connectivity index (χ0n) is 24.1. The molecule has 6 nitrogen and oxygen atoms in total. The Morgan fingerprint density at radius 2 is 1.82 bits per heavy atom. The Bertz CT molecular complexity index is 1450. The average Bonchev–Trinajstić information content (AvgIpc) is 3.43. The third kappa shape index (κ3) is 5.24. The molecule has 1 amide bonds. The Kier molecular flexibility index (Phi) is 7.36. The molecule has 5 rings (SSSR count). The third-order valence-corrected chi connectivity index (χ3v) is 8.02. The minimum absolute atomic E-state index is 0.187. The van der Waals surface area contributed by atoms with Gasteiger partial charge in [-0.25, -0.2) is 4.52 Å². The van der Waals surface area contributed by atoms with E-state index in [2.05, 4.69) is 85.4 Å². The topological polar surface area (TPSA) is 56.6 Å². The normalized spacial score (nSPS) is 15.4. The Hall–Kier alpha value is -3.12. The van der Waals surface area contributed by atoms with Crippen LogP contribution in [0.25, 0.3) is 27.7 Å². The minimum Gasteiger partial charge on any atom is -0.354 e. The molecule has 38 heavy (non-hydrogen) atoms. The van der Waals surface area contributed by atoms with Crippen molar-refractivity contribution in [3.8, 4) is 11.3 Å². The SMILES string of the molecule is Cc1cc2cc(-c3[nH]c4ccc(C5CCN(CC(=O)N(C)C)CC5)cc4c3C(C)C)cc(CC(C)C)n2n1. The van der Waals surface area contributed by atoms with Gasteiger partial charge < -0.3 is 9.88 Å². The molecule has 0 saturated carbocycles. The van der Waals surface area contributed by atoms with Crippen molar-refractivity contribution >= 4 is 22.3 Å². The summed E-state index contributed by atoms with van der Waals surface area (Å²) in [4.78, 5) is 19.9. The van der Waals surface area contributed by atoms with Crippen molar-refractivity contribution in [3.63, 3.8) is 0 Å². The zero-order chi connectivity index (χ0) is 27.1. The lowest BCUT2D eigenvalue weighted by Gasteiger charge is -2.32. The average molecular weight is 514 g/mol. The van der Waals surface area contributed by atoms with Crippen LogP contribution in [0.5, 0.6) is 0 Å². The maximum Gasteiger partial charge on any atom is 0.236 e. The number of pyridine rings is 1. The monoisotopic (exact) mass is 513 g/mol. The Labute approximate surface area is 227 Å². The molecule has 0 bridgehead atoms. The van der Waals surface area contributed by atoms with Gasteiger partial charge in [-0.05, 0) is 98.5 Å². The number of carbonyl (C=O) groups excluding carboxylic acids is 1. The van der Waals surface area contributed by atoms with Crippen LogP contribution < -0.4 is 0 Å². The van der Waals surface area contributed by atoms with Gasteiger partial charge in [-0.3, -0.25) is 9.69 Å². The van der Waals surface area contributed by atoms with Crippen molar-refractivity contribution in [1.29, 1.82) is 0 Å². The molecule has 0 radical (unpaired) electrons.